The Labute approximate surface area is 92.0 Å². The maximum atomic E-state index is 10.6. The van der Waals surface area contributed by atoms with Gasteiger partial charge in [-0.15, -0.1) is 0 Å². The number of hydrogen-bond acceptors (Lipinski definition) is 4. The van der Waals surface area contributed by atoms with Gasteiger partial charge in [0.25, 0.3) is 0 Å². The molecule has 0 aliphatic rings. The van der Waals surface area contributed by atoms with Gasteiger partial charge in [0.1, 0.15) is 12.0 Å². The number of para-hydroxylation sites is 1. The number of carboxylic acids is 1. The summed E-state index contributed by atoms with van der Waals surface area (Å²) in [4.78, 5) is 20.8. The predicted molar refractivity (Wildman–Crippen MR) is 55.1 cm³/mol. The molecule has 0 aliphatic carbocycles. The van der Waals surface area contributed by atoms with E-state index in [0.29, 0.717) is 18.3 Å². The number of hydrogen-bond donors (Lipinski definition) is 3. The van der Waals surface area contributed by atoms with Crippen molar-refractivity contribution in [1.82, 2.24) is 0 Å². The molecule has 0 radical (unpaired) electrons. The van der Waals surface area contributed by atoms with Gasteiger partial charge >= 0.3 is 5.97 Å². The summed E-state index contributed by atoms with van der Waals surface area (Å²) in [6, 6.07) is 4.44. The summed E-state index contributed by atoms with van der Waals surface area (Å²) < 4.78 is 0. The van der Waals surface area contributed by atoms with E-state index in [2.05, 4.69) is 0 Å². The van der Waals surface area contributed by atoms with Crippen LogP contribution in [0.5, 0.6) is 5.75 Å². The van der Waals surface area contributed by atoms with Crippen LogP contribution < -0.4 is 0 Å². The van der Waals surface area contributed by atoms with Crippen LogP contribution in [-0.4, -0.2) is 27.6 Å². The number of benzene rings is 1. The number of rotatable bonds is 5. The molecule has 5 heteroatoms. The van der Waals surface area contributed by atoms with E-state index < -0.39 is 12.1 Å². The average molecular weight is 224 g/mol. The highest BCUT2D eigenvalue weighted by Gasteiger charge is 2.20. The Morgan fingerprint density at radius 3 is 2.69 bits per heavy atom. The van der Waals surface area contributed by atoms with Crippen molar-refractivity contribution in [2.24, 2.45) is 0 Å². The number of carbonyl (C=O) groups excluding carboxylic acids is 1. The summed E-state index contributed by atoms with van der Waals surface area (Å²) >= 11 is 0. The van der Waals surface area contributed by atoms with Crippen LogP contribution in [0, 0.1) is 0 Å². The lowest BCUT2D eigenvalue weighted by Gasteiger charge is -2.11. The first-order valence-electron chi connectivity index (χ1n) is 4.73. The van der Waals surface area contributed by atoms with Crippen molar-refractivity contribution in [2.45, 2.75) is 18.9 Å². The average Bonchev–Trinajstić information content (AvgIpc) is 2.26. The highest BCUT2D eigenvalue weighted by atomic mass is 16.4. The molecule has 0 fully saturated rings. The molecule has 0 aliphatic heterocycles. The Bertz CT molecular complexity index is 399. The molecule has 16 heavy (non-hydrogen) atoms. The maximum Gasteiger partial charge on any atom is 0.337 e. The van der Waals surface area contributed by atoms with Crippen LogP contribution in [0.1, 0.15) is 23.7 Å². The Morgan fingerprint density at radius 1 is 1.44 bits per heavy atom. The summed E-state index contributed by atoms with van der Waals surface area (Å²) in [6.07, 6.45) is -0.494. The van der Waals surface area contributed by atoms with Gasteiger partial charge in [0.15, 0.2) is 6.10 Å². The fourth-order valence-electron chi connectivity index (χ4n) is 1.38. The first-order valence-corrected chi connectivity index (χ1v) is 4.73. The molecule has 0 bridgehead atoms. The Kier molecular flexibility index (Phi) is 4.02. The van der Waals surface area contributed by atoms with Crippen molar-refractivity contribution in [2.75, 3.05) is 0 Å². The van der Waals surface area contributed by atoms with Crippen LogP contribution in [0.3, 0.4) is 0 Å². The molecule has 0 heterocycles. The first-order chi connectivity index (χ1) is 7.57. The lowest BCUT2D eigenvalue weighted by Crippen LogP contribution is -2.11. The third-order valence-corrected chi connectivity index (χ3v) is 2.21. The molecule has 0 spiro atoms. The van der Waals surface area contributed by atoms with E-state index in [0.717, 1.165) is 0 Å². The summed E-state index contributed by atoms with van der Waals surface area (Å²) in [6.45, 7) is 0. The van der Waals surface area contributed by atoms with E-state index in [1.54, 1.807) is 6.07 Å². The standard InChI is InChI=1S/C11H12O5/c12-6-2-4-7-3-1-5-8(9(7)13)10(14)11(15)16/h1,3,5-6,10,13-14H,2,4H2,(H,15,16). The topological polar surface area (TPSA) is 94.8 Å². The fourth-order valence-corrected chi connectivity index (χ4v) is 1.38. The van der Waals surface area contributed by atoms with Gasteiger partial charge in [-0.25, -0.2) is 4.79 Å². The fraction of sp³-hybridized carbons (Fsp3) is 0.273. The van der Waals surface area contributed by atoms with Crippen molar-refractivity contribution in [3.63, 3.8) is 0 Å². The zero-order valence-electron chi connectivity index (χ0n) is 8.46. The molecule has 0 amide bonds. The van der Waals surface area contributed by atoms with Crippen LogP contribution in [0.2, 0.25) is 0 Å². The first kappa shape index (κ1) is 12.2. The van der Waals surface area contributed by atoms with Crippen molar-refractivity contribution in [3.05, 3.63) is 29.3 Å². The SMILES string of the molecule is O=CCCc1cccc(C(O)C(=O)O)c1O. The summed E-state index contributed by atoms with van der Waals surface area (Å²) in [5, 5.41) is 27.6. The molecular weight excluding hydrogens is 212 g/mol. The third kappa shape index (κ3) is 2.58. The van der Waals surface area contributed by atoms with Crippen molar-refractivity contribution >= 4 is 12.3 Å². The number of phenols is 1. The number of carboxylic acid groups (broad SMARTS) is 1. The van der Waals surface area contributed by atoms with Gasteiger partial charge in [-0.3, -0.25) is 0 Å². The Balaban J connectivity index is 3.03. The molecule has 5 nitrogen and oxygen atoms in total. The Morgan fingerprint density at radius 2 is 2.12 bits per heavy atom. The van der Waals surface area contributed by atoms with Crippen LogP contribution in [0.15, 0.2) is 18.2 Å². The Hall–Kier alpha value is -1.88. The number of carbonyl (C=O) groups is 2. The molecule has 0 aromatic heterocycles. The van der Waals surface area contributed by atoms with Crippen LogP contribution in [0.25, 0.3) is 0 Å². The summed E-state index contributed by atoms with van der Waals surface area (Å²) in [5.74, 6) is -1.69. The predicted octanol–water partition coefficient (Wildman–Crippen LogP) is 0.642. The van der Waals surface area contributed by atoms with Gasteiger partial charge in [-0.05, 0) is 12.0 Å². The maximum absolute atomic E-state index is 10.6. The normalized spacial score (nSPS) is 12.1. The lowest BCUT2D eigenvalue weighted by molar-refractivity contribution is -0.147. The number of aromatic hydroxyl groups is 1. The minimum Gasteiger partial charge on any atom is -0.507 e. The smallest absolute Gasteiger partial charge is 0.337 e. The van der Waals surface area contributed by atoms with E-state index in [-0.39, 0.29) is 17.7 Å². The number of aldehydes is 1. The number of phenolic OH excluding ortho intramolecular Hbond substituents is 1. The quantitative estimate of drug-likeness (QED) is 0.638. The van der Waals surface area contributed by atoms with E-state index in [9.17, 15) is 19.8 Å². The van der Waals surface area contributed by atoms with Gasteiger partial charge in [0, 0.05) is 12.0 Å². The second-order valence-electron chi connectivity index (χ2n) is 3.30. The molecule has 3 N–H and O–H groups in total. The van der Waals surface area contributed by atoms with Gasteiger partial charge in [-0.2, -0.15) is 0 Å². The lowest BCUT2D eigenvalue weighted by atomic mass is 10.0. The highest BCUT2D eigenvalue weighted by Crippen LogP contribution is 2.28. The minimum atomic E-state index is -1.75. The van der Waals surface area contributed by atoms with Crippen LogP contribution in [0.4, 0.5) is 0 Å². The second kappa shape index (κ2) is 5.27. The second-order valence-corrected chi connectivity index (χ2v) is 3.30. The molecule has 1 aromatic rings. The van der Waals surface area contributed by atoms with E-state index in [1.165, 1.54) is 12.1 Å². The summed E-state index contributed by atoms with van der Waals surface area (Å²) in [7, 11) is 0. The summed E-state index contributed by atoms with van der Waals surface area (Å²) in [5.41, 5.74) is 0.390. The highest BCUT2D eigenvalue weighted by molar-refractivity contribution is 5.75. The van der Waals surface area contributed by atoms with Crippen molar-refractivity contribution in [3.8, 4) is 5.75 Å². The number of aliphatic hydroxyl groups is 1. The molecular formula is C11H12O5. The van der Waals surface area contributed by atoms with Crippen molar-refractivity contribution < 1.29 is 24.9 Å². The van der Waals surface area contributed by atoms with Crippen LogP contribution in [-0.2, 0) is 16.0 Å². The largest absolute Gasteiger partial charge is 0.507 e. The molecule has 1 aromatic carbocycles. The zero-order valence-corrected chi connectivity index (χ0v) is 8.46. The number of aliphatic carboxylic acids is 1. The van der Waals surface area contributed by atoms with E-state index >= 15 is 0 Å². The monoisotopic (exact) mass is 224 g/mol. The number of aliphatic hydroxyl groups excluding tert-OH is 1. The molecule has 1 atom stereocenters. The zero-order chi connectivity index (χ0) is 12.1. The van der Waals surface area contributed by atoms with Gasteiger partial charge in [0.2, 0.25) is 0 Å². The molecule has 0 saturated carbocycles. The molecule has 86 valence electrons. The van der Waals surface area contributed by atoms with E-state index in [4.69, 9.17) is 5.11 Å². The minimum absolute atomic E-state index is 0.0594. The third-order valence-electron chi connectivity index (χ3n) is 2.21. The van der Waals surface area contributed by atoms with Crippen molar-refractivity contribution in [1.29, 1.82) is 0 Å². The molecule has 1 rings (SSSR count). The van der Waals surface area contributed by atoms with E-state index in [1.807, 2.05) is 0 Å². The molecule has 0 saturated heterocycles. The van der Waals surface area contributed by atoms with Gasteiger partial charge < -0.3 is 20.1 Å². The van der Waals surface area contributed by atoms with Gasteiger partial charge in [0.05, 0.1) is 0 Å². The molecule has 1 unspecified atom stereocenters. The number of aryl methyl sites for hydroxylation is 1. The van der Waals surface area contributed by atoms with Gasteiger partial charge in [-0.1, -0.05) is 18.2 Å². The van der Waals surface area contributed by atoms with Crippen LogP contribution >= 0.6 is 0 Å².